The molecule has 12 heteroatoms. The Morgan fingerprint density at radius 2 is 1.71 bits per heavy atom. The normalized spacial score (nSPS) is 21.3. The van der Waals surface area contributed by atoms with Crippen LogP contribution < -0.4 is 20.3 Å². The molecule has 2 aliphatic rings. The first-order valence-corrected chi connectivity index (χ1v) is 12.9. The first-order valence-electron chi connectivity index (χ1n) is 12.1. The largest absolute Gasteiger partial charge is 0.476 e. The number of hydrogen-bond acceptors (Lipinski definition) is 4. The smallest absolute Gasteiger partial charge is 0.405 e. The Bertz CT molecular complexity index is 1210. The van der Waals surface area contributed by atoms with Crippen LogP contribution in [0.15, 0.2) is 36.4 Å². The predicted molar refractivity (Wildman–Crippen MR) is 136 cm³/mol. The summed E-state index contributed by atoms with van der Waals surface area (Å²) in [6.07, 6.45) is -1.81. The molecule has 4 rings (SSSR count). The average molecular weight is 576 g/mol. The van der Waals surface area contributed by atoms with Crippen molar-refractivity contribution in [1.29, 1.82) is 0 Å². The van der Waals surface area contributed by atoms with Crippen molar-refractivity contribution in [3.63, 3.8) is 0 Å². The van der Waals surface area contributed by atoms with Gasteiger partial charge in [-0.3, -0.25) is 9.59 Å². The molecule has 1 unspecified atom stereocenters. The molecule has 0 spiro atoms. The van der Waals surface area contributed by atoms with Gasteiger partial charge in [-0.2, -0.15) is 13.2 Å². The van der Waals surface area contributed by atoms with Gasteiger partial charge in [-0.25, -0.2) is 4.39 Å². The highest BCUT2D eigenvalue weighted by Crippen LogP contribution is 2.41. The maximum Gasteiger partial charge on any atom is 0.405 e. The number of amides is 2. The number of rotatable bonds is 7. The fourth-order valence-corrected chi connectivity index (χ4v) is 5.51. The standard InChI is InChI=1S/C26H27Cl2F4N3O3/c1-25(2,38-22-8-4-15(27)10-19(22)28)24(37)34-16-11-17-5-6-18(12-16)35(17)21-7-3-14(9-20(21)29)23(36)33-13-26(30,31)32/h3-4,7-10,16-18H,5-6,11-13H2,1-2H3,(H,33,36)(H,34,37)/t16?,17-,18+. The highest BCUT2D eigenvalue weighted by atomic mass is 35.5. The van der Waals surface area contributed by atoms with Gasteiger partial charge >= 0.3 is 6.18 Å². The van der Waals surface area contributed by atoms with E-state index in [1.165, 1.54) is 18.2 Å². The summed E-state index contributed by atoms with van der Waals surface area (Å²) in [6, 6.07) is 8.19. The van der Waals surface area contributed by atoms with Crippen LogP contribution in [0.3, 0.4) is 0 Å². The number of halogens is 6. The third-order valence-electron chi connectivity index (χ3n) is 6.81. The third kappa shape index (κ3) is 6.46. The lowest BCUT2D eigenvalue weighted by atomic mass is 9.95. The number of anilines is 1. The molecule has 2 aromatic rings. The first kappa shape index (κ1) is 28.3. The van der Waals surface area contributed by atoms with Gasteiger partial charge in [0.15, 0.2) is 5.60 Å². The molecule has 6 nitrogen and oxygen atoms in total. The Balaban J connectivity index is 1.39. The van der Waals surface area contributed by atoms with Crippen LogP contribution in [0.25, 0.3) is 0 Å². The molecule has 0 aromatic heterocycles. The van der Waals surface area contributed by atoms with Crippen molar-refractivity contribution in [2.75, 3.05) is 11.4 Å². The number of hydrogen-bond donors (Lipinski definition) is 2. The number of ether oxygens (including phenoxy) is 1. The molecule has 2 bridgehead atoms. The Kier molecular flexibility index (Phi) is 8.04. The summed E-state index contributed by atoms with van der Waals surface area (Å²) in [4.78, 5) is 27.0. The highest BCUT2D eigenvalue weighted by Gasteiger charge is 2.43. The van der Waals surface area contributed by atoms with Gasteiger partial charge < -0.3 is 20.3 Å². The zero-order valence-corrected chi connectivity index (χ0v) is 22.2. The predicted octanol–water partition coefficient (Wildman–Crippen LogP) is 5.90. The van der Waals surface area contributed by atoms with Gasteiger partial charge in [-0.15, -0.1) is 0 Å². The number of nitrogens with zero attached hydrogens (tertiary/aromatic N) is 1. The quantitative estimate of drug-likeness (QED) is 0.403. The second-order valence-electron chi connectivity index (χ2n) is 10.1. The molecule has 0 radical (unpaired) electrons. The minimum absolute atomic E-state index is 0.0480. The minimum atomic E-state index is -4.56. The van der Waals surface area contributed by atoms with Gasteiger partial charge in [0.1, 0.15) is 18.1 Å². The molecular weight excluding hydrogens is 549 g/mol. The second kappa shape index (κ2) is 10.8. The second-order valence-corrected chi connectivity index (χ2v) is 10.9. The molecule has 2 heterocycles. The fraction of sp³-hybridized carbons (Fsp3) is 0.462. The Morgan fingerprint density at radius 1 is 1.05 bits per heavy atom. The van der Waals surface area contributed by atoms with Crippen LogP contribution in [0.5, 0.6) is 5.75 Å². The van der Waals surface area contributed by atoms with E-state index < -0.39 is 30.0 Å². The number of carbonyl (C=O) groups excluding carboxylic acids is 2. The molecule has 2 aliphatic heterocycles. The number of nitrogens with one attached hydrogen (secondary N) is 2. The van der Waals surface area contributed by atoms with Gasteiger partial charge in [-0.05, 0) is 75.9 Å². The number of carbonyl (C=O) groups is 2. The summed E-state index contributed by atoms with van der Waals surface area (Å²) >= 11 is 12.1. The van der Waals surface area contributed by atoms with E-state index in [1.54, 1.807) is 31.3 Å². The van der Waals surface area contributed by atoms with E-state index in [1.807, 2.05) is 4.90 Å². The van der Waals surface area contributed by atoms with Gasteiger partial charge in [0, 0.05) is 28.7 Å². The van der Waals surface area contributed by atoms with Crippen molar-refractivity contribution in [3.05, 3.63) is 57.8 Å². The number of fused-ring (bicyclic) bond motifs is 2. The van der Waals surface area contributed by atoms with Gasteiger partial charge in [0.05, 0.1) is 10.7 Å². The molecule has 0 saturated carbocycles. The topological polar surface area (TPSA) is 70.7 Å². The number of alkyl halides is 3. The van der Waals surface area contributed by atoms with Gasteiger partial charge in [0.25, 0.3) is 11.8 Å². The summed E-state index contributed by atoms with van der Waals surface area (Å²) < 4.78 is 58.0. The molecule has 2 amide bonds. The van der Waals surface area contributed by atoms with Crippen LogP contribution in [-0.2, 0) is 4.79 Å². The van der Waals surface area contributed by atoms with E-state index >= 15 is 4.39 Å². The van der Waals surface area contributed by atoms with Crippen molar-refractivity contribution in [2.45, 2.75) is 69.4 Å². The van der Waals surface area contributed by atoms with E-state index in [-0.39, 0.29) is 40.3 Å². The summed E-state index contributed by atoms with van der Waals surface area (Å²) in [5, 5.41) is 5.53. The lowest BCUT2D eigenvalue weighted by Gasteiger charge is -2.41. The average Bonchev–Trinajstić information content (AvgIpc) is 3.08. The number of benzene rings is 2. The zero-order valence-electron chi connectivity index (χ0n) is 20.7. The van der Waals surface area contributed by atoms with Crippen molar-refractivity contribution in [1.82, 2.24) is 10.6 Å². The third-order valence-corrected chi connectivity index (χ3v) is 7.34. The molecule has 0 aliphatic carbocycles. The summed E-state index contributed by atoms with van der Waals surface area (Å²) in [7, 11) is 0. The highest BCUT2D eigenvalue weighted by molar-refractivity contribution is 6.35. The summed E-state index contributed by atoms with van der Waals surface area (Å²) in [5.41, 5.74) is -1.12. The van der Waals surface area contributed by atoms with E-state index in [0.29, 0.717) is 23.6 Å². The Hall–Kier alpha value is -2.72. The van der Waals surface area contributed by atoms with Gasteiger partial charge in [0.2, 0.25) is 0 Å². The van der Waals surface area contributed by atoms with E-state index in [9.17, 15) is 22.8 Å². The monoisotopic (exact) mass is 575 g/mol. The van der Waals surface area contributed by atoms with Gasteiger partial charge in [-0.1, -0.05) is 23.2 Å². The molecule has 206 valence electrons. The lowest BCUT2D eigenvalue weighted by Crippen LogP contribution is -2.55. The van der Waals surface area contributed by atoms with Crippen LogP contribution in [0.1, 0.15) is 49.9 Å². The van der Waals surface area contributed by atoms with Crippen LogP contribution in [0, 0.1) is 5.82 Å². The summed E-state index contributed by atoms with van der Waals surface area (Å²) in [6.45, 7) is 1.78. The Morgan fingerprint density at radius 3 is 2.29 bits per heavy atom. The lowest BCUT2D eigenvalue weighted by molar-refractivity contribution is -0.135. The maximum absolute atomic E-state index is 15.0. The summed E-state index contributed by atoms with van der Waals surface area (Å²) in [5.74, 6) is -1.67. The van der Waals surface area contributed by atoms with Crippen molar-refractivity contribution in [2.24, 2.45) is 0 Å². The van der Waals surface area contributed by atoms with Crippen LogP contribution in [-0.4, -0.2) is 48.3 Å². The van der Waals surface area contributed by atoms with Crippen molar-refractivity contribution >= 4 is 40.7 Å². The van der Waals surface area contributed by atoms with Crippen LogP contribution in [0.4, 0.5) is 23.2 Å². The van der Waals surface area contributed by atoms with E-state index in [0.717, 1.165) is 18.9 Å². The molecule has 2 fully saturated rings. The van der Waals surface area contributed by atoms with Crippen LogP contribution >= 0.6 is 23.2 Å². The molecule has 2 saturated heterocycles. The molecule has 3 atom stereocenters. The van der Waals surface area contributed by atoms with E-state index in [4.69, 9.17) is 27.9 Å². The molecular formula is C26H27Cl2F4N3O3. The Labute approximate surface area is 227 Å². The maximum atomic E-state index is 15.0. The molecule has 2 aromatic carbocycles. The molecule has 2 N–H and O–H groups in total. The fourth-order valence-electron chi connectivity index (χ4n) is 5.07. The van der Waals surface area contributed by atoms with Crippen molar-refractivity contribution in [3.8, 4) is 5.75 Å². The first-order chi connectivity index (χ1) is 17.7. The minimum Gasteiger partial charge on any atom is -0.476 e. The molecule has 38 heavy (non-hydrogen) atoms. The van der Waals surface area contributed by atoms with E-state index in [2.05, 4.69) is 5.32 Å². The van der Waals surface area contributed by atoms with Crippen molar-refractivity contribution < 1.29 is 31.9 Å². The van der Waals surface area contributed by atoms with Crippen LogP contribution in [0.2, 0.25) is 10.0 Å². The number of piperidine rings is 1. The SMILES string of the molecule is CC(C)(Oc1ccc(Cl)cc1Cl)C(=O)NC1C[C@H]2CC[C@@H](C1)N2c1ccc(C(=O)NCC(F)(F)F)cc1F. The zero-order chi connectivity index (χ0) is 27.8.